The van der Waals surface area contributed by atoms with Gasteiger partial charge in [-0.25, -0.2) is 4.98 Å². The Labute approximate surface area is 137 Å². The van der Waals surface area contributed by atoms with Crippen LogP contribution in [0.2, 0.25) is 0 Å². The lowest BCUT2D eigenvalue weighted by atomic mass is 10.1. The Balaban J connectivity index is 1.95. The number of fused-ring (bicyclic) bond motifs is 3. The molecule has 0 atom stereocenters. The van der Waals surface area contributed by atoms with Crippen molar-refractivity contribution in [1.29, 1.82) is 0 Å². The van der Waals surface area contributed by atoms with Gasteiger partial charge >= 0.3 is 0 Å². The van der Waals surface area contributed by atoms with Crippen molar-refractivity contribution in [2.45, 2.75) is 0 Å². The summed E-state index contributed by atoms with van der Waals surface area (Å²) in [6.07, 6.45) is 1.61. The number of nitrogens with one attached hydrogen (secondary N) is 1. The second-order valence-corrected chi connectivity index (χ2v) is 5.31. The van der Waals surface area contributed by atoms with Crippen LogP contribution in [0.25, 0.3) is 21.8 Å². The molecule has 0 spiro atoms. The summed E-state index contributed by atoms with van der Waals surface area (Å²) in [6, 6.07) is 16.6. The minimum absolute atomic E-state index is 0.163. The van der Waals surface area contributed by atoms with Gasteiger partial charge in [-0.3, -0.25) is 4.79 Å². The monoisotopic (exact) mass is 318 g/mol. The molecule has 0 bridgehead atoms. The molecule has 0 aliphatic carbocycles. The highest BCUT2D eigenvalue weighted by molar-refractivity contribution is 6.07. The molecule has 4 aromatic rings. The zero-order valence-electron chi connectivity index (χ0n) is 12.9. The number of pyridine rings is 2. The van der Waals surface area contributed by atoms with E-state index in [1.54, 1.807) is 31.5 Å². The van der Waals surface area contributed by atoms with E-state index in [9.17, 15) is 4.79 Å². The number of rotatable bonds is 3. The zero-order chi connectivity index (χ0) is 16.5. The van der Waals surface area contributed by atoms with Crippen molar-refractivity contribution in [3.05, 3.63) is 71.1 Å². The van der Waals surface area contributed by atoms with Gasteiger partial charge in [0.1, 0.15) is 22.9 Å². The van der Waals surface area contributed by atoms with Crippen LogP contribution in [0.3, 0.4) is 0 Å². The van der Waals surface area contributed by atoms with Crippen LogP contribution in [0.15, 0.2) is 65.6 Å². The zero-order valence-corrected chi connectivity index (χ0v) is 12.9. The summed E-state index contributed by atoms with van der Waals surface area (Å²) in [5, 5.41) is 2.19. The normalized spacial score (nSPS) is 10.9. The Bertz CT molecular complexity index is 1100. The van der Waals surface area contributed by atoms with Gasteiger partial charge in [0.25, 0.3) is 5.56 Å². The molecule has 1 N–H and O–H groups in total. The third kappa shape index (κ3) is 2.36. The van der Waals surface area contributed by atoms with E-state index in [-0.39, 0.29) is 5.56 Å². The molecule has 2 aromatic carbocycles. The standard InChI is InChI=1S/C19H14N2O3/c1-23-12-5-4-6-13(11-12)24-16-9-10-20-18-17(16)14-7-2-3-8-15(14)19(22)21-18/h2-11H,1H3,(H,20,21,22). The molecular formula is C19H14N2O3. The molecule has 0 radical (unpaired) electrons. The van der Waals surface area contributed by atoms with Gasteiger partial charge in [-0.1, -0.05) is 24.3 Å². The number of hydrogen-bond donors (Lipinski definition) is 1. The molecule has 2 heterocycles. The van der Waals surface area contributed by atoms with E-state index in [1.807, 2.05) is 36.4 Å². The topological polar surface area (TPSA) is 64.2 Å². The van der Waals surface area contributed by atoms with E-state index in [0.29, 0.717) is 28.3 Å². The molecule has 0 unspecified atom stereocenters. The van der Waals surface area contributed by atoms with Crippen molar-refractivity contribution in [2.24, 2.45) is 0 Å². The van der Waals surface area contributed by atoms with Crippen molar-refractivity contribution in [3.63, 3.8) is 0 Å². The predicted molar refractivity (Wildman–Crippen MR) is 92.9 cm³/mol. The summed E-state index contributed by atoms with van der Waals surface area (Å²) < 4.78 is 11.3. The largest absolute Gasteiger partial charge is 0.497 e. The predicted octanol–water partition coefficient (Wildman–Crippen LogP) is 3.88. The molecular weight excluding hydrogens is 304 g/mol. The van der Waals surface area contributed by atoms with Crippen LogP contribution in [-0.4, -0.2) is 17.1 Å². The second-order valence-electron chi connectivity index (χ2n) is 5.31. The average Bonchev–Trinajstić information content (AvgIpc) is 2.62. The van der Waals surface area contributed by atoms with E-state index < -0.39 is 0 Å². The minimum atomic E-state index is -0.163. The van der Waals surface area contributed by atoms with E-state index >= 15 is 0 Å². The first-order chi connectivity index (χ1) is 11.8. The van der Waals surface area contributed by atoms with Gasteiger partial charge in [-0.05, 0) is 24.3 Å². The highest BCUT2D eigenvalue weighted by Crippen LogP contribution is 2.33. The number of H-pyrrole nitrogens is 1. The van der Waals surface area contributed by atoms with Gasteiger partial charge < -0.3 is 14.5 Å². The Morgan fingerprint density at radius 3 is 2.58 bits per heavy atom. The summed E-state index contributed by atoms with van der Waals surface area (Å²) in [4.78, 5) is 19.3. The Kier molecular flexibility index (Phi) is 3.39. The highest BCUT2D eigenvalue weighted by atomic mass is 16.5. The molecule has 0 aliphatic rings. The maximum absolute atomic E-state index is 12.2. The van der Waals surface area contributed by atoms with E-state index in [0.717, 1.165) is 10.8 Å². The van der Waals surface area contributed by atoms with E-state index in [1.165, 1.54) is 0 Å². The highest BCUT2D eigenvalue weighted by Gasteiger charge is 2.11. The fourth-order valence-corrected chi connectivity index (χ4v) is 2.75. The van der Waals surface area contributed by atoms with Crippen LogP contribution >= 0.6 is 0 Å². The Morgan fingerprint density at radius 1 is 0.958 bits per heavy atom. The third-order valence-corrected chi connectivity index (χ3v) is 3.85. The number of methoxy groups -OCH3 is 1. The van der Waals surface area contributed by atoms with Crippen molar-refractivity contribution >= 4 is 21.8 Å². The number of ether oxygens (including phenoxy) is 2. The number of aromatic nitrogens is 2. The van der Waals surface area contributed by atoms with Crippen molar-refractivity contribution in [3.8, 4) is 17.2 Å². The average molecular weight is 318 g/mol. The molecule has 5 heteroatoms. The van der Waals surface area contributed by atoms with Crippen LogP contribution < -0.4 is 15.0 Å². The lowest BCUT2D eigenvalue weighted by Gasteiger charge is -2.11. The van der Waals surface area contributed by atoms with Crippen LogP contribution in [0.4, 0.5) is 0 Å². The summed E-state index contributed by atoms with van der Waals surface area (Å²) in [5.74, 6) is 1.99. The fourth-order valence-electron chi connectivity index (χ4n) is 2.75. The molecule has 0 fully saturated rings. The Morgan fingerprint density at radius 2 is 1.75 bits per heavy atom. The summed E-state index contributed by atoms with van der Waals surface area (Å²) in [5.41, 5.74) is 0.336. The Hall–Kier alpha value is -3.34. The smallest absolute Gasteiger partial charge is 0.257 e. The van der Waals surface area contributed by atoms with Crippen molar-refractivity contribution in [2.75, 3.05) is 7.11 Å². The molecule has 0 aliphatic heterocycles. The van der Waals surface area contributed by atoms with Crippen molar-refractivity contribution < 1.29 is 9.47 Å². The minimum Gasteiger partial charge on any atom is -0.497 e. The summed E-state index contributed by atoms with van der Waals surface area (Å²) in [6.45, 7) is 0. The van der Waals surface area contributed by atoms with E-state index in [4.69, 9.17) is 9.47 Å². The van der Waals surface area contributed by atoms with Gasteiger partial charge in [-0.15, -0.1) is 0 Å². The number of hydrogen-bond acceptors (Lipinski definition) is 4. The van der Waals surface area contributed by atoms with E-state index in [2.05, 4.69) is 9.97 Å². The third-order valence-electron chi connectivity index (χ3n) is 3.85. The molecule has 0 saturated heterocycles. The first-order valence-corrected chi connectivity index (χ1v) is 7.48. The van der Waals surface area contributed by atoms with Gasteiger partial charge in [0.15, 0.2) is 0 Å². The van der Waals surface area contributed by atoms with Gasteiger partial charge in [0, 0.05) is 23.0 Å². The molecule has 118 valence electrons. The van der Waals surface area contributed by atoms with Crippen LogP contribution in [-0.2, 0) is 0 Å². The molecule has 0 amide bonds. The van der Waals surface area contributed by atoms with Gasteiger partial charge in [-0.2, -0.15) is 0 Å². The molecule has 24 heavy (non-hydrogen) atoms. The van der Waals surface area contributed by atoms with Crippen molar-refractivity contribution in [1.82, 2.24) is 9.97 Å². The lowest BCUT2D eigenvalue weighted by Crippen LogP contribution is -2.07. The second kappa shape index (κ2) is 5.70. The van der Waals surface area contributed by atoms with Gasteiger partial charge in [0.05, 0.1) is 12.5 Å². The molecule has 2 aromatic heterocycles. The molecule has 5 nitrogen and oxygen atoms in total. The summed E-state index contributed by atoms with van der Waals surface area (Å²) >= 11 is 0. The van der Waals surface area contributed by atoms with Crippen LogP contribution in [0, 0.1) is 0 Å². The fraction of sp³-hybridized carbons (Fsp3) is 0.0526. The van der Waals surface area contributed by atoms with Crippen LogP contribution in [0.1, 0.15) is 0 Å². The first kappa shape index (κ1) is 14.3. The quantitative estimate of drug-likeness (QED) is 0.582. The maximum Gasteiger partial charge on any atom is 0.257 e. The maximum atomic E-state index is 12.2. The van der Waals surface area contributed by atoms with Gasteiger partial charge in [0.2, 0.25) is 0 Å². The summed E-state index contributed by atoms with van der Waals surface area (Å²) in [7, 11) is 1.61. The SMILES string of the molecule is COc1cccc(Oc2ccnc3[nH]c(=O)c4ccccc4c23)c1. The van der Waals surface area contributed by atoms with Crippen LogP contribution in [0.5, 0.6) is 17.2 Å². The number of aromatic amines is 1. The first-order valence-electron chi connectivity index (χ1n) is 7.48. The lowest BCUT2D eigenvalue weighted by molar-refractivity contribution is 0.409. The molecule has 0 saturated carbocycles. The number of nitrogens with zero attached hydrogens (tertiary/aromatic N) is 1. The number of benzene rings is 2. The molecule has 4 rings (SSSR count).